The third-order valence-electron chi connectivity index (χ3n) is 3.90. The van der Waals surface area contributed by atoms with Crippen molar-refractivity contribution in [1.82, 2.24) is 4.90 Å². The number of benzene rings is 1. The number of aliphatic carboxylic acids is 1. The molecule has 1 aromatic carbocycles. The maximum atomic E-state index is 13.4. The Kier molecular flexibility index (Phi) is 4.26. The van der Waals surface area contributed by atoms with Crippen LogP contribution in [0.1, 0.15) is 25.3 Å². The van der Waals surface area contributed by atoms with Crippen molar-refractivity contribution in [2.45, 2.75) is 26.3 Å². The average molecular weight is 330 g/mol. The van der Waals surface area contributed by atoms with Gasteiger partial charge in [-0.25, -0.2) is 4.39 Å². The summed E-state index contributed by atoms with van der Waals surface area (Å²) >= 11 is 3.26. The van der Waals surface area contributed by atoms with E-state index in [-0.39, 0.29) is 5.82 Å². The fourth-order valence-corrected chi connectivity index (χ4v) is 2.72. The third kappa shape index (κ3) is 3.15. The largest absolute Gasteiger partial charge is 0.481 e. The molecule has 0 unspecified atom stereocenters. The van der Waals surface area contributed by atoms with Gasteiger partial charge >= 0.3 is 5.97 Å². The molecule has 19 heavy (non-hydrogen) atoms. The molecule has 0 amide bonds. The van der Waals surface area contributed by atoms with Crippen LogP contribution in [0, 0.1) is 11.2 Å². The molecule has 1 aromatic rings. The smallest absolute Gasteiger partial charge is 0.309 e. The average Bonchev–Trinajstić information content (AvgIpc) is 2.37. The molecule has 0 atom stereocenters. The van der Waals surface area contributed by atoms with Gasteiger partial charge in [0.25, 0.3) is 0 Å². The van der Waals surface area contributed by atoms with Gasteiger partial charge in [-0.3, -0.25) is 9.69 Å². The molecule has 104 valence electrons. The Hall–Kier alpha value is -0.940. The van der Waals surface area contributed by atoms with Crippen LogP contribution in [0.15, 0.2) is 22.7 Å². The molecule has 1 saturated heterocycles. The van der Waals surface area contributed by atoms with E-state index < -0.39 is 11.4 Å². The summed E-state index contributed by atoms with van der Waals surface area (Å²) in [5, 5.41) is 9.18. The normalized spacial score (nSPS) is 19.3. The van der Waals surface area contributed by atoms with Crippen molar-refractivity contribution in [2.24, 2.45) is 5.41 Å². The van der Waals surface area contributed by atoms with E-state index in [0.717, 1.165) is 18.7 Å². The molecule has 1 heterocycles. The lowest BCUT2D eigenvalue weighted by Gasteiger charge is -2.36. The van der Waals surface area contributed by atoms with Crippen molar-refractivity contribution in [3.05, 3.63) is 34.1 Å². The second kappa shape index (κ2) is 5.59. The van der Waals surface area contributed by atoms with E-state index in [1.165, 1.54) is 6.07 Å². The molecule has 3 nitrogen and oxygen atoms in total. The summed E-state index contributed by atoms with van der Waals surface area (Å²) in [4.78, 5) is 13.3. The van der Waals surface area contributed by atoms with Crippen LogP contribution in [0.2, 0.25) is 0 Å². The van der Waals surface area contributed by atoms with Crippen molar-refractivity contribution in [3.63, 3.8) is 0 Å². The summed E-state index contributed by atoms with van der Waals surface area (Å²) in [6.07, 6.45) is 1.27. The van der Waals surface area contributed by atoms with E-state index in [0.29, 0.717) is 23.9 Å². The van der Waals surface area contributed by atoms with Gasteiger partial charge in [-0.15, -0.1) is 0 Å². The van der Waals surface area contributed by atoms with Crippen LogP contribution in [0.4, 0.5) is 4.39 Å². The molecular formula is C14H17BrFNO2. The first kappa shape index (κ1) is 14.5. The second-order valence-electron chi connectivity index (χ2n) is 5.35. The fraction of sp³-hybridized carbons (Fsp3) is 0.500. The highest BCUT2D eigenvalue weighted by atomic mass is 79.9. The standard InChI is InChI=1S/C14H17BrFNO2/c1-14(13(18)19)5-7-17(8-6-14)9-10-3-2-4-11(16)12(10)15/h2-4H,5-9H2,1H3,(H,18,19). The minimum absolute atomic E-state index is 0.259. The molecule has 0 spiro atoms. The lowest BCUT2D eigenvalue weighted by atomic mass is 9.80. The molecule has 1 aliphatic rings. The third-order valence-corrected chi connectivity index (χ3v) is 4.79. The Morgan fingerprint density at radius 3 is 2.68 bits per heavy atom. The predicted molar refractivity (Wildman–Crippen MR) is 74.4 cm³/mol. The number of rotatable bonds is 3. The van der Waals surface area contributed by atoms with Crippen molar-refractivity contribution in [2.75, 3.05) is 13.1 Å². The van der Waals surface area contributed by atoms with Crippen LogP contribution in [-0.2, 0) is 11.3 Å². The number of hydrogen-bond acceptors (Lipinski definition) is 2. The van der Waals surface area contributed by atoms with Crippen LogP contribution in [0.25, 0.3) is 0 Å². The van der Waals surface area contributed by atoms with Gasteiger partial charge in [0.1, 0.15) is 5.82 Å². The van der Waals surface area contributed by atoms with Gasteiger partial charge in [-0.2, -0.15) is 0 Å². The van der Waals surface area contributed by atoms with Gasteiger partial charge in [0.05, 0.1) is 9.89 Å². The van der Waals surface area contributed by atoms with Gasteiger partial charge in [0, 0.05) is 6.54 Å². The van der Waals surface area contributed by atoms with E-state index in [4.69, 9.17) is 0 Å². The van der Waals surface area contributed by atoms with E-state index in [1.54, 1.807) is 13.0 Å². The quantitative estimate of drug-likeness (QED) is 0.925. The molecule has 0 bridgehead atoms. The monoisotopic (exact) mass is 329 g/mol. The Labute approximate surface area is 120 Å². The molecule has 1 N–H and O–H groups in total. The van der Waals surface area contributed by atoms with Crippen LogP contribution in [0.5, 0.6) is 0 Å². The summed E-state index contributed by atoms with van der Waals surface area (Å²) < 4.78 is 13.9. The zero-order valence-corrected chi connectivity index (χ0v) is 12.4. The van der Waals surface area contributed by atoms with Gasteiger partial charge in [0.15, 0.2) is 0 Å². The maximum Gasteiger partial charge on any atom is 0.309 e. The Balaban J connectivity index is 2.00. The minimum Gasteiger partial charge on any atom is -0.481 e. The molecule has 5 heteroatoms. The summed E-state index contributed by atoms with van der Waals surface area (Å²) in [7, 11) is 0. The van der Waals surface area contributed by atoms with Crippen molar-refractivity contribution < 1.29 is 14.3 Å². The lowest BCUT2D eigenvalue weighted by Crippen LogP contribution is -2.42. The summed E-state index contributed by atoms with van der Waals surface area (Å²) in [5.41, 5.74) is 0.286. The fourth-order valence-electron chi connectivity index (χ4n) is 2.33. The Morgan fingerprint density at radius 2 is 2.11 bits per heavy atom. The summed E-state index contributed by atoms with van der Waals surface area (Å²) in [6.45, 7) is 3.90. The molecule has 0 saturated carbocycles. The van der Waals surface area contributed by atoms with E-state index in [2.05, 4.69) is 20.8 Å². The number of carbonyl (C=O) groups is 1. The molecule has 1 fully saturated rings. The first-order valence-corrected chi connectivity index (χ1v) is 7.10. The van der Waals surface area contributed by atoms with E-state index in [9.17, 15) is 14.3 Å². The topological polar surface area (TPSA) is 40.5 Å². The highest BCUT2D eigenvalue weighted by Crippen LogP contribution is 2.32. The van der Waals surface area contributed by atoms with Gasteiger partial charge < -0.3 is 5.11 Å². The zero-order chi connectivity index (χ0) is 14.0. The number of likely N-dealkylation sites (tertiary alicyclic amines) is 1. The maximum absolute atomic E-state index is 13.4. The van der Waals surface area contributed by atoms with Crippen molar-refractivity contribution >= 4 is 21.9 Å². The van der Waals surface area contributed by atoms with Crippen molar-refractivity contribution in [1.29, 1.82) is 0 Å². The van der Waals surface area contributed by atoms with Crippen LogP contribution in [0.3, 0.4) is 0 Å². The number of carboxylic acids is 1. The molecule has 0 aromatic heterocycles. The zero-order valence-electron chi connectivity index (χ0n) is 10.8. The second-order valence-corrected chi connectivity index (χ2v) is 6.15. The summed E-state index contributed by atoms with van der Waals surface area (Å²) in [6, 6.07) is 5.00. The number of hydrogen-bond donors (Lipinski definition) is 1. The van der Waals surface area contributed by atoms with Gasteiger partial charge in [-0.05, 0) is 60.4 Å². The minimum atomic E-state index is -0.723. The highest BCUT2D eigenvalue weighted by Gasteiger charge is 2.36. The lowest BCUT2D eigenvalue weighted by molar-refractivity contribution is -0.150. The molecule has 1 aliphatic heterocycles. The predicted octanol–water partition coefficient (Wildman–Crippen LogP) is 3.27. The van der Waals surface area contributed by atoms with Crippen LogP contribution >= 0.6 is 15.9 Å². The van der Waals surface area contributed by atoms with Gasteiger partial charge in [0.2, 0.25) is 0 Å². The molecular weight excluding hydrogens is 313 g/mol. The number of nitrogens with zero attached hydrogens (tertiary/aromatic N) is 1. The first-order chi connectivity index (χ1) is 8.92. The summed E-state index contributed by atoms with van der Waals surface area (Å²) in [5.74, 6) is -0.982. The highest BCUT2D eigenvalue weighted by molar-refractivity contribution is 9.10. The molecule has 2 rings (SSSR count). The number of halogens is 2. The van der Waals surface area contributed by atoms with Gasteiger partial charge in [-0.1, -0.05) is 12.1 Å². The van der Waals surface area contributed by atoms with E-state index >= 15 is 0 Å². The first-order valence-electron chi connectivity index (χ1n) is 6.31. The van der Waals surface area contributed by atoms with Crippen LogP contribution < -0.4 is 0 Å². The number of piperidine rings is 1. The van der Waals surface area contributed by atoms with E-state index in [1.807, 2.05) is 6.07 Å². The Bertz CT molecular complexity index is 484. The molecule has 0 aliphatic carbocycles. The number of carboxylic acid groups (broad SMARTS) is 1. The Morgan fingerprint density at radius 1 is 1.47 bits per heavy atom. The molecule has 0 radical (unpaired) electrons. The SMILES string of the molecule is CC1(C(=O)O)CCN(Cc2cccc(F)c2Br)CC1. The van der Waals surface area contributed by atoms with Crippen LogP contribution in [-0.4, -0.2) is 29.1 Å². The van der Waals surface area contributed by atoms with Crippen molar-refractivity contribution in [3.8, 4) is 0 Å².